The molecule has 0 unspecified atom stereocenters. The van der Waals surface area contributed by atoms with Crippen molar-refractivity contribution in [2.75, 3.05) is 13.1 Å². The summed E-state index contributed by atoms with van der Waals surface area (Å²) in [6.45, 7) is 2.40. The van der Waals surface area contributed by atoms with Gasteiger partial charge in [-0.1, -0.05) is 5.16 Å². The molecular weight excluding hydrogens is 182 g/mol. The number of aliphatic imine (C=N–C) groups is 1. The van der Waals surface area contributed by atoms with Crippen LogP contribution in [0, 0.1) is 0 Å². The minimum atomic E-state index is -0.410. The van der Waals surface area contributed by atoms with Crippen molar-refractivity contribution in [3.05, 3.63) is 0 Å². The van der Waals surface area contributed by atoms with Crippen molar-refractivity contribution in [1.29, 1.82) is 0 Å². The van der Waals surface area contributed by atoms with Crippen molar-refractivity contribution in [1.82, 2.24) is 5.32 Å². The van der Waals surface area contributed by atoms with Gasteiger partial charge in [-0.2, -0.15) is 0 Å². The first-order valence-corrected chi connectivity index (χ1v) is 3.24. The summed E-state index contributed by atoms with van der Waals surface area (Å²) in [4.78, 5) is 18.6. The molecule has 1 aliphatic rings. The maximum atomic E-state index is 10.3. The molecule has 5 nitrogen and oxygen atoms in total. The Balaban J connectivity index is 0.00000121. The number of rotatable bonds is 1. The number of oxime groups is 1. The molecule has 0 atom stereocenters. The number of hydrogen-bond acceptors (Lipinski definition) is 5. The molecule has 0 fully saturated rings. The lowest BCUT2D eigenvalue weighted by Crippen LogP contribution is -2.28. The number of nitrogens with zero attached hydrogens (tertiary/aromatic N) is 2. The van der Waals surface area contributed by atoms with Crippen molar-refractivity contribution >= 4 is 30.4 Å². The van der Waals surface area contributed by atoms with Gasteiger partial charge in [0.2, 0.25) is 0 Å². The number of halogens is 1. The Morgan fingerprint density at radius 2 is 2.58 bits per heavy atom. The third-order valence-electron chi connectivity index (χ3n) is 1.07. The summed E-state index contributed by atoms with van der Waals surface area (Å²) >= 11 is 0. The molecule has 0 saturated carbocycles. The van der Waals surface area contributed by atoms with E-state index < -0.39 is 5.97 Å². The van der Waals surface area contributed by atoms with E-state index in [0.717, 1.165) is 5.71 Å². The Morgan fingerprint density at radius 3 is 3.08 bits per heavy atom. The summed E-state index contributed by atoms with van der Waals surface area (Å²) in [5.74, 6) is -0.410. The SMILES string of the molecule is CC(=O)O/N=C1/CN=CNC1.Cl. The van der Waals surface area contributed by atoms with Gasteiger partial charge in [-0.15, -0.1) is 12.4 Å². The summed E-state index contributed by atoms with van der Waals surface area (Å²) in [6, 6.07) is 0. The molecule has 0 bridgehead atoms. The van der Waals surface area contributed by atoms with E-state index in [9.17, 15) is 4.79 Å². The van der Waals surface area contributed by atoms with Crippen LogP contribution in [0.15, 0.2) is 10.1 Å². The fourth-order valence-corrected chi connectivity index (χ4v) is 0.625. The van der Waals surface area contributed by atoms with E-state index in [2.05, 4.69) is 20.3 Å². The van der Waals surface area contributed by atoms with E-state index in [1.54, 1.807) is 6.34 Å². The minimum Gasteiger partial charge on any atom is -0.371 e. The number of hydrogen-bond donors (Lipinski definition) is 1. The molecule has 1 rings (SSSR count). The zero-order valence-electron chi connectivity index (χ0n) is 6.61. The van der Waals surface area contributed by atoms with E-state index in [1.165, 1.54) is 6.92 Å². The molecule has 0 saturated heterocycles. The Labute approximate surface area is 76.3 Å². The molecule has 1 heterocycles. The van der Waals surface area contributed by atoms with Crippen molar-refractivity contribution in [2.45, 2.75) is 6.92 Å². The molecule has 0 aromatic carbocycles. The second kappa shape index (κ2) is 5.54. The van der Waals surface area contributed by atoms with Gasteiger partial charge in [0.1, 0.15) is 0 Å². The first-order chi connectivity index (χ1) is 5.29. The maximum Gasteiger partial charge on any atom is 0.331 e. The third-order valence-corrected chi connectivity index (χ3v) is 1.07. The van der Waals surface area contributed by atoms with Gasteiger partial charge in [-0.05, 0) is 0 Å². The summed E-state index contributed by atoms with van der Waals surface area (Å²) in [6.07, 6.45) is 1.60. The molecule has 68 valence electrons. The van der Waals surface area contributed by atoms with Gasteiger partial charge in [0.05, 0.1) is 25.1 Å². The van der Waals surface area contributed by atoms with E-state index in [-0.39, 0.29) is 12.4 Å². The predicted octanol–water partition coefficient (Wildman–Crippen LogP) is -0.0412. The Morgan fingerprint density at radius 1 is 1.83 bits per heavy atom. The Bertz CT molecular complexity index is 215. The van der Waals surface area contributed by atoms with Gasteiger partial charge in [0.15, 0.2) is 0 Å². The molecule has 0 aromatic heterocycles. The van der Waals surface area contributed by atoms with Gasteiger partial charge in [0.25, 0.3) is 0 Å². The fourth-order valence-electron chi connectivity index (χ4n) is 0.625. The molecule has 0 radical (unpaired) electrons. The molecule has 0 aliphatic carbocycles. The average Bonchev–Trinajstić information content (AvgIpc) is 2.03. The quantitative estimate of drug-likeness (QED) is 0.467. The van der Waals surface area contributed by atoms with Crippen LogP contribution in [-0.4, -0.2) is 31.1 Å². The second-order valence-electron chi connectivity index (χ2n) is 2.09. The highest BCUT2D eigenvalue weighted by Gasteiger charge is 2.02. The molecule has 1 aliphatic heterocycles. The highest BCUT2D eigenvalue weighted by Crippen LogP contribution is 1.86. The van der Waals surface area contributed by atoms with Crippen molar-refractivity contribution in [3.8, 4) is 0 Å². The van der Waals surface area contributed by atoms with Crippen molar-refractivity contribution in [3.63, 3.8) is 0 Å². The smallest absolute Gasteiger partial charge is 0.331 e. The van der Waals surface area contributed by atoms with Crippen molar-refractivity contribution in [2.24, 2.45) is 10.1 Å². The van der Waals surface area contributed by atoms with Gasteiger partial charge >= 0.3 is 5.97 Å². The van der Waals surface area contributed by atoms with Crippen LogP contribution in [0.3, 0.4) is 0 Å². The van der Waals surface area contributed by atoms with Gasteiger partial charge in [0, 0.05) is 6.92 Å². The van der Waals surface area contributed by atoms with Crippen LogP contribution in [0.25, 0.3) is 0 Å². The zero-order chi connectivity index (χ0) is 8.10. The second-order valence-corrected chi connectivity index (χ2v) is 2.09. The van der Waals surface area contributed by atoms with Crippen LogP contribution >= 0.6 is 12.4 Å². The van der Waals surface area contributed by atoms with Gasteiger partial charge < -0.3 is 10.2 Å². The van der Waals surface area contributed by atoms with Crippen molar-refractivity contribution < 1.29 is 9.63 Å². The van der Waals surface area contributed by atoms with E-state index >= 15 is 0 Å². The van der Waals surface area contributed by atoms with Gasteiger partial charge in [-0.3, -0.25) is 4.99 Å². The van der Waals surface area contributed by atoms with E-state index in [0.29, 0.717) is 13.1 Å². The Kier molecular flexibility index (Phi) is 5.03. The first kappa shape index (κ1) is 10.9. The standard InChI is InChI=1S/C6H9N3O2.ClH/c1-5(10)11-9-6-2-7-4-8-3-6;/h4H,2-3H2,1H3,(H,7,8);1H. The number of carbonyl (C=O) groups is 1. The highest BCUT2D eigenvalue weighted by atomic mass is 35.5. The van der Waals surface area contributed by atoms with Crippen LogP contribution in [0.2, 0.25) is 0 Å². The predicted molar refractivity (Wildman–Crippen MR) is 47.8 cm³/mol. The first-order valence-electron chi connectivity index (χ1n) is 3.24. The molecule has 6 heteroatoms. The number of carbonyl (C=O) groups excluding carboxylic acids is 1. The van der Waals surface area contributed by atoms with Crippen LogP contribution in [-0.2, 0) is 9.63 Å². The van der Waals surface area contributed by atoms with Crippen LogP contribution < -0.4 is 5.32 Å². The number of nitrogens with one attached hydrogen (secondary N) is 1. The Hall–Kier alpha value is -1.10. The lowest BCUT2D eigenvalue weighted by atomic mass is 10.3. The molecule has 1 N–H and O–H groups in total. The third kappa shape index (κ3) is 3.92. The molecule has 0 amide bonds. The minimum absolute atomic E-state index is 0. The molecule has 12 heavy (non-hydrogen) atoms. The lowest BCUT2D eigenvalue weighted by molar-refractivity contribution is -0.140. The van der Waals surface area contributed by atoms with Crippen LogP contribution in [0.4, 0.5) is 0 Å². The van der Waals surface area contributed by atoms with E-state index in [1.807, 2.05) is 0 Å². The fraction of sp³-hybridized carbons (Fsp3) is 0.500. The lowest BCUT2D eigenvalue weighted by Gasteiger charge is -2.06. The molecule has 0 spiro atoms. The maximum absolute atomic E-state index is 10.3. The summed E-state index contributed by atoms with van der Waals surface area (Å²) in [7, 11) is 0. The topological polar surface area (TPSA) is 63.0 Å². The van der Waals surface area contributed by atoms with Gasteiger partial charge in [-0.25, -0.2) is 4.79 Å². The molecule has 0 aromatic rings. The summed E-state index contributed by atoms with van der Waals surface area (Å²) < 4.78 is 0. The van der Waals surface area contributed by atoms with E-state index in [4.69, 9.17) is 0 Å². The monoisotopic (exact) mass is 191 g/mol. The average molecular weight is 192 g/mol. The molecular formula is C6H10ClN3O2. The largest absolute Gasteiger partial charge is 0.371 e. The van der Waals surface area contributed by atoms with Crippen LogP contribution in [0.1, 0.15) is 6.92 Å². The summed E-state index contributed by atoms with van der Waals surface area (Å²) in [5, 5.41) is 6.42. The normalized spacial score (nSPS) is 17.9. The van der Waals surface area contributed by atoms with Crippen LogP contribution in [0.5, 0.6) is 0 Å². The zero-order valence-corrected chi connectivity index (χ0v) is 7.43. The highest BCUT2D eigenvalue weighted by molar-refractivity contribution is 5.92. The summed E-state index contributed by atoms with van der Waals surface area (Å²) in [5.41, 5.74) is 0.725.